The average molecular weight is 261 g/mol. The third-order valence-electron chi connectivity index (χ3n) is 3.51. The van der Waals surface area contributed by atoms with Gasteiger partial charge in [-0.2, -0.15) is 0 Å². The molecule has 1 aliphatic heterocycles. The van der Waals surface area contributed by atoms with Crippen molar-refractivity contribution >= 4 is 5.69 Å². The Morgan fingerprint density at radius 1 is 1.32 bits per heavy atom. The van der Waals surface area contributed by atoms with Crippen molar-refractivity contribution < 1.29 is 9.50 Å². The minimum absolute atomic E-state index is 0.280. The second-order valence-electron chi connectivity index (χ2n) is 4.77. The highest BCUT2D eigenvalue weighted by Crippen LogP contribution is 2.32. The first-order chi connectivity index (χ1) is 9.25. The van der Waals surface area contributed by atoms with Crippen LogP contribution in [0.3, 0.4) is 0 Å². The number of anilines is 1. The molecule has 0 saturated carbocycles. The molecule has 4 nitrogen and oxygen atoms in total. The van der Waals surface area contributed by atoms with Crippen LogP contribution >= 0.6 is 0 Å². The van der Waals surface area contributed by atoms with E-state index in [-0.39, 0.29) is 5.82 Å². The molecule has 0 amide bonds. The molecule has 5 heteroatoms. The van der Waals surface area contributed by atoms with Gasteiger partial charge in [0.05, 0.1) is 0 Å². The zero-order valence-corrected chi connectivity index (χ0v) is 10.5. The molecule has 2 heterocycles. The summed E-state index contributed by atoms with van der Waals surface area (Å²) in [6.07, 6.45) is 4.61. The van der Waals surface area contributed by atoms with Gasteiger partial charge in [-0.15, -0.1) is 0 Å². The molecule has 1 saturated heterocycles. The number of nitrogens with one attached hydrogen (secondary N) is 1. The van der Waals surface area contributed by atoms with Crippen molar-refractivity contribution in [3.8, 4) is 0 Å². The number of aliphatic hydroxyl groups excluding tert-OH is 1. The van der Waals surface area contributed by atoms with Crippen molar-refractivity contribution in [1.29, 1.82) is 0 Å². The molecule has 2 aromatic rings. The summed E-state index contributed by atoms with van der Waals surface area (Å²) >= 11 is 0. The number of halogens is 1. The summed E-state index contributed by atoms with van der Waals surface area (Å²) in [5.74, 6) is 0.198. The second kappa shape index (κ2) is 5.01. The van der Waals surface area contributed by atoms with E-state index in [0.717, 1.165) is 31.6 Å². The molecular weight excluding hydrogens is 245 g/mol. The summed E-state index contributed by atoms with van der Waals surface area (Å²) in [6.45, 7) is 1.81. The summed E-state index contributed by atoms with van der Waals surface area (Å²) < 4.78 is 13.5. The van der Waals surface area contributed by atoms with Crippen molar-refractivity contribution in [2.75, 3.05) is 18.0 Å². The monoisotopic (exact) mass is 261 g/mol. The zero-order chi connectivity index (χ0) is 13.2. The SMILES string of the molecule is O[C@@H](c1ncc[nH]1)c1ccc(F)cc1N1CCCC1. The first kappa shape index (κ1) is 12.2. The largest absolute Gasteiger partial charge is 0.380 e. The molecule has 0 spiro atoms. The van der Waals surface area contributed by atoms with Gasteiger partial charge in [0, 0.05) is 36.7 Å². The minimum Gasteiger partial charge on any atom is -0.380 e. The Kier molecular flexibility index (Phi) is 3.21. The fraction of sp³-hybridized carbons (Fsp3) is 0.357. The van der Waals surface area contributed by atoms with Crippen LogP contribution < -0.4 is 4.90 Å². The number of aliphatic hydroxyl groups is 1. The van der Waals surface area contributed by atoms with Crippen LogP contribution in [0.15, 0.2) is 30.6 Å². The van der Waals surface area contributed by atoms with E-state index in [9.17, 15) is 9.50 Å². The molecule has 1 fully saturated rings. The number of hydrogen-bond donors (Lipinski definition) is 2. The van der Waals surface area contributed by atoms with E-state index in [0.29, 0.717) is 11.4 Å². The fourth-order valence-corrected chi connectivity index (χ4v) is 2.55. The van der Waals surface area contributed by atoms with E-state index in [1.807, 2.05) is 0 Å². The summed E-state index contributed by atoms with van der Waals surface area (Å²) in [4.78, 5) is 9.07. The van der Waals surface area contributed by atoms with Gasteiger partial charge in [-0.1, -0.05) is 6.07 Å². The molecule has 1 aromatic heterocycles. The molecule has 1 atom stereocenters. The highest BCUT2D eigenvalue weighted by molar-refractivity contribution is 5.56. The van der Waals surface area contributed by atoms with Crippen LogP contribution in [-0.2, 0) is 0 Å². The molecule has 19 heavy (non-hydrogen) atoms. The number of aromatic nitrogens is 2. The Bertz CT molecular complexity index is 550. The molecule has 0 radical (unpaired) electrons. The molecular formula is C14H16FN3O. The van der Waals surface area contributed by atoms with E-state index in [4.69, 9.17) is 0 Å². The second-order valence-corrected chi connectivity index (χ2v) is 4.77. The first-order valence-electron chi connectivity index (χ1n) is 6.47. The maximum absolute atomic E-state index is 13.5. The number of nitrogens with zero attached hydrogens (tertiary/aromatic N) is 2. The predicted octanol–water partition coefficient (Wildman–Crippen LogP) is 2.23. The normalized spacial score (nSPS) is 16.8. The Labute approximate surface area is 110 Å². The Morgan fingerprint density at radius 2 is 2.11 bits per heavy atom. The van der Waals surface area contributed by atoms with Gasteiger partial charge in [-0.3, -0.25) is 0 Å². The van der Waals surface area contributed by atoms with Gasteiger partial charge in [0.1, 0.15) is 17.7 Å². The van der Waals surface area contributed by atoms with Gasteiger partial charge in [0.2, 0.25) is 0 Å². The van der Waals surface area contributed by atoms with Gasteiger partial charge < -0.3 is 15.0 Å². The van der Waals surface area contributed by atoms with Crippen LogP contribution in [0.5, 0.6) is 0 Å². The Morgan fingerprint density at radius 3 is 2.79 bits per heavy atom. The third-order valence-corrected chi connectivity index (χ3v) is 3.51. The van der Waals surface area contributed by atoms with Gasteiger partial charge >= 0.3 is 0 Å². The number of benzene rings is 1. The summed E-state index contributed by atoms with van der Waals surface area (Å²) in [7, 11) is 0. The van der Waals surface area contributed by atoms with E-state index in [1.54, 1.807) is 18.5 Å². The maximum Gasteiger partial charge on any atom is 0.139 e. The van der Waals surface area contributed by atoms with Crippen molar-refractivity contribution in [2.24, 2.45) is 0 Å². The van der Waals surface area contributed by atoms with E-state index >= 15 is 0 Å². The first-order valence-corrected chi connectivity index (χ1v) is 6.47. The number of imidazole rings is 1. The molecule has 1 aliphatic rings. The smallest absolute Gasteiger partial charge is 0.139 e. The van der Waals surface area contributed by atoms with Crippen LogP contribution in [-0.4, -0.2) is 28.2 Å². The van der Waals surface area contributed by atoms with Gasteiger partial charge in [-0.05, 0) is 25.0 Å². The van der Waals surface area contributed by atoms with Crippen LogP contribution in [0, 0.1) is 5.82 Å². The van der Waals surface area contributed by atoms with Gasteiger partial charge in [0.25, 0.3) is 0 Å². The molecule has 0 aliphatic carbocycles. The van der Waals surface area contributed by atoms with Gasteiger partial charge in [0.15, 0.2) is 0 Å². The van der Waals surface area contributed by atoms with Crippen molar-refractivity contribution in [3.05, 3.63) is 47.8 Å². The van der Waals surface area contributed by atoms with Crippen molar-refractivity contribution in [1.82, 2.24) is 9.97 Å². The number of rotatable bonds is 3. The summed E-state index contributed by atoms with van der Waals surface area (Å²) in [5, 5.41) is 10.4. The van der Waals surface area contributed by atoms with Crippen molar-refractivity contribution in [3.63, 3.8) is 0 Å². The molecule has 0 unspecified atom stereocenters. The lowest BCUT2D eigenvalue weighted by Crippen LogP contribution is -2.21. The van der Waals surface area contributed by atoms with E-state index in [1.165, 1.54) is 12.1 Å². The van der Waals surface area contributed by atoms with Gasteiger partial charge in [-0.25, -0.2) is 9.37 Å². The Balaban J connectivity index is 2.00. The highest BCUT2D eigenvalue weighted by Gasteiger charge is 2.22. The maximum atomic E-state index is 13.5. The van der Waals surface area contributed by atoms with Crippen LogP contribution in [0.2, 0.25) is 0 Å². The van der Waals surface area contributed by atoms with Crippen molar-refractivity contribution in [2.45, 2.75) is 18.9 Å². The number of H-pyrrole nitrogens is 1. The summed E-state index contributed by atoms with van der Waals surface area (Å²) in [6, 6.07) is 4.50. The van der Waals surface area contributed by atoms with E-state index < -0.39 is 6.10 Å². The molecule has 3 rings (SSSR count). The van der Waals surface area contributed by atoms with Crippen LogP contribution in [0.25, 0.3) is 0 Å². The quantitative estimate of drug-likeness (QED) is 0.890. The standard InChI is InChI=1S/C14H16FN3O/c15-10-3-4-11(13(19)14-16-5-6-17-14)12(9-10)18-7-1-2-8-18/h3-6,9,13,19H,1-2,7-8H2,(H,16,17)/t13-/m1/s1. The lowest BCUT2D eigenvalue weighted by Gasteiger charge is -2.23. The zero-order valence-electron chi connectivity index (χ0n) is 10.5. The topological polar surface area (TPSA) is 52.2 Å². The lowest BCUT2D eigenvalue weighted by molar-refractivity contribution is 0.211. The molecule has 0 bridgehead atoms. The fourth-order valence-electron chi connectivity index (χ4n) is 2.55. The molecule has 2 N–H and O–H groups in total. The lowest BCUT2D eigenvalue weighted by atomic mass is 10.1. The summed E-state index contributed by atoms with van der Waals surface area (Å²) in [5.41, 5.74) is 1.46. The number of aromatic amines is 1. The third kappa shape index (κ3) is 2.33. The highest BCUT2D eigenvalue weighted by atomic mass is 19.1. The number of hydrogen-bond acceptors (Lipinski definition) is 3. The molecule has 100 valence electrons. The van der Waals surface area contributed by atoms with Crippen LogP contribution in [0.4, 0.5) is 10.1 Å². The molecule has 1 aromatic carbocycles. The van der Waals surface area contributed by atoms with E-state index in [2.05, 4.69) is 14.9 Å². The van der Waals surface area contributed by atoms with Crippen LogP contribution in [0.1, 0.15) is 30.3 Å². The average Bonchev–Trinajstić information content (AvgIpc) is 3.11. The minimum atomic E-state index is -0.855. The predicted molar refractivity (Wildman–Crippen MR) is 70.5 cm³/mol. The Hall–Kier alpha value is -1.88.